The Hall–Kier alpha value is 0.360. The number of halogens is 1. The van der Waals surface area contributed by atoms with Crippen LogP contribution >= 0.6 is 15.9 Å². The highest BCUT2D eigenvalue weighted by atomic mass is 79.9. The van der Waals surface area contributed by atoms with Crippen LogP contribution in [0.4, 0.5) is 0 Å². The van der Waals surface area contributed by atoms with Gasteiger partial charge >= 0.3 is 0 Å². The lowest BCUT2D eigenvalue weighted by Crippen LogP contribution is -2.44. The molecule has 87 valence electrons. The molecule has 3 unspecified atom stereocenters. The van der Waals surface area contributed by atoms with Gasteiger partial charge in [0.15, 0.2) is 0 Å². The zero-order chi connectivity index (χ0) is 10.7. The average molecular weight is 278 g/mol. The van der Waals surface area contributed by atoms with Crippen LogP contribution in [0.5, 0.6) is 0 Å². The second-order valence-electron chi connectivity index (χ2n) is 4.10. The molecule has 2 heterocycles. The molecule has 0 spiro atoms. The van der Waals surface area contributed by atoms with Crippen LogP contribution in [-0.2, 0) is 14.2 Å². The summed E-state index contributed by atoms with van der Waals surface area (Å²) in [5.74, 6) is 0. The Bertz CT molecular complexity index is 200. The molecule has 2 saturated heterocycles. The van der Waals surface area contributed by atoms with E-state index in [9.17, 15) is 0 Å². The zero-order valence-corrected chi connectivity index (χ0v) is 10.7. The first-order valence-corrected chi connectivity index (χ1v) is 6.49. The van der Waals surface area contributed by atoms with Crippen molar-refractivity contribution in [2.24, 2.45) is 0 Å². The van der Waals surface area contributed by atoms with Crippen LogP contribution in [0.25, 0.3) is 0 Å². The average Bonchev–Trinajstić information content (AvgIpc) is 2.30. The molecular weight excluding hydrogens is 260 g/mol. The minimum Gasteiger partial charge on any atom is -0.375 e. The van der Waals surface area contributed by atoms with Crippen molar-refractivity contribution >= 4 is 15.9 Å². The van der Waals surface area contributed by atoms with Gasteiger partial charge in [0.2, 0.25) is 0 Å². The van der Waals surface area contributed by atoms with E-state index in [1.165, 1.54) is 6.42 Å². The molecule has 2 aliphatic rings. The molecule has 0 N–H and O–H groups in total. The number of rotatable bonds is 2. The van der Waals surface area contributed by atoms with Crippen LogP contribution in [0, 0.1) is 6.10 Å². The van der Waals surface area contributed by atoms with E-state index in [0.717, 1.165) is 38.6 Å². The molecule has 2 rings (SSSR count). The SMILES string of the molecule is CO[C]1CCOC(C2OCCCC2Br)C1. The molecule has 0 aliphatic carbocycles. The first-order chi connectivity index (χ1) is 7.31. The lowest BCUT2D eigenvalue weighted by molar-refractivity contribution is -0.112. The number of ether oxygens (including phenoxy) is 3. The summed E-state index contributed by atoms with van der Waals surface area (Å²) in [6.45, 7) is 1.61. The highest BCUT2D eigenvalue weighted by Crippen LogP contribution is 2.32. The van der Waals surface area contributed by atoms with E-state index in [2.05, 4.69) is 15.9 Å². The second kappa shape index (κ2) is 5.62. The quantitative estimate of drug-likeness (QED) is 0.725. The maximum Gasteiger partial charge on any atom is 0.102 e. The van der Waals surface area contributed by atoms with E-state index in [-0.39, 0.29) is 12.2 Å². The fraction of sp³-hybridized carbons (Fsp3) is 0.909. The summed E-state index contributed by atoms with van der Waals surface area (Å²) in [6, 6.07) is 0. The van der Waals surface area contributed by atoms with Gasteiger partial charge in [0.1, 0.15) is 6.10 Å². The van der Waals surface area contributed by atoms with Gasteiger partial charge in [-0.25, -0.2) is 0 Å². The van der Waals surface area contributed by atoms with Crippen molar-refractivity contribution in [1.29, 1.82) is 0 Å². The molecule has 2 fully saturated rings. The second-order valence-corrected chi connectivity index (χ2v) is 5.28. The number of methoxy groups -OCH3 is 1. The van der Waals surface area contributed by atoms with Crippen molar-refractivity contribution < 1.29 is 14.2 Å². The maximum atomic E-state index is 5.78. The molecule has 15 heavy (non-hydrogen) atoms. The minimum atomic E-state index is 0.165. The van der Waals surface area contributed by atoms with E-state index in [0.29, 0.717) is 4.83 Å². The largest absolute Gasteiger partial charge is 0.375 e. The molecule has 3 atom stereocenters. The summed E-state index contributed by atoms with van der Waals surface area (Å²) in [5.41, 5.74) is 0. The Morgan fingerprint density at radius 1 is 1.33 bits per heavy atom. The van der Waals surface area contributed by atoms with Crippen LogP contribution < -0.4 is 0 Å². The Balaban J connectivity index is 1.90. The minimum absolute atomic E-state index is 0.165. The summed E-state index contributed by atoms with van der Waals surface area (Å²) in [4.78, 5) is 0.424. The molecule has 0 aromatic heterocycles. The summed E-state index contributed by atoms with van der Waals surface area (Å²) in [6.07, 6.45) is 5.60. The highest BCUT2D eigenvalue weighted by Gasteiger charge is 2.36. The van der Waals surface area contributed by atoms with Crippen LogP contribution in [0.3, 0.4) is 0 Å². The van der Waals surface area contributed by atoms with Crippen LogP contribution in [0.15, 0.2) is 0 Å². The van der Waals surface area contributed by atoms with Gasteiger partial charge < -0.3 is 14.2 Å². The summed E-state index contributed by atoms with van der Waals surface area (Å²) in [7, 11) is 1.74. The van der Waals surface area contributed by atoms with Gasteiger partial charge in [-0.1, -0.05) is 15.9 Å². The number of hydrogen-bond donors (Lipinski definition) is 0. The van der Waals surface area contributed by atoms with E-state index in [1.807, 2.05) is 0 Å². The predicted molar refractivity (Wildman–Crippen MR) is 60.9 cm³/mol. The van der Waals surface area contributed by atoms with Gasteiger partial charge in [0, 0.05) is 38.0 Å². The van der Waals surface area contributed by atoms with Gasteiger partial charge in [-0.3, -0.25) is 0 Å². The third-order valence-electron chi connectivity index (χ3n) is 3.09. The van der Waals surface area contributed by atoms with Gasteiger partial charge in [-0.15, -0.1) is 0 Å². The molecule has 1 radical (unpaired) electrons. The van der Waals surface area contributed by atoms with Crippen LogP contribution in [0.1, 0.15) is 25.7 Å². The topological polar surface area (TPSA) is 27.7 Å². The third kappa shape index (κ3) is 2.93. The lowest BCUT2D eigenvalue weighted by Gasteiger charge is -2.37. The Labute approximate surface area is 99.6 Å². The molecule has 0 aromatic rings. The van der Waals surface area contributed by atoms with E-state index in [1.54, 1.807) is 7.11 Å². The molecule has 4 heteroatoms. The molecule has 3 nitrogen and oxygen atoms in total. The number of alkyl halides is 1. The fourth-order valence-electron chi connectivity index (χ4n) is 2.21. The monoisotopic (exact) mass is 277 g/mol. The first-order valence-electron chi connectivity index (χ1n) is 5.57. The number of hydrogen-bond acceptors (Lipinski definition) is 3. The van der Waals surface area contributed by atoms with Gasteiger partial charge in [0.05, 0.1) is 12.2 Å². The Morgan fingerprint density at radius 2 is 2.20 bits per heavy atom. The summed E-state index contributed by atoms with van der Waals surface area (Å²) in [5, 5.41) is 0. The molecule has 0 amide bonds. The maximum absolute atomic E-state index is 5.78. The van der Waals surface area contributed by atoms with Crippen LogP contribution in [0.2, 0.25) is 0 Å². The molecule has 2 aliphatic heterocycles. The van der Waals surface area contributed by atoms with Crippen molar-refractivity contribution in [1.82, 2.24) is 0 Å². The van der Waals surface area contributed by atoms with E-state index < -0.39 is 0 Å². The van der Waals surface area contributed by atoms with Crippen LogP contribution in [-0.4, -0.2) is 37.4 Å². The molecular formula is C11H18BrO3. The molecule has 0 bridgehead atoms. The van der Waals surface area contributed by atoms with E-state index in [4.69, 9.17) is 14.2 Å². The zero-order valence-electron chi connectivity index (χ0n) is 9.08. The Kier molecular flexibility index (Phi) is 4.43. The van der Waals surface area contributed by atoms with Crippen molar-refractivity contribution in [3.05, 3.63) is 6.10 Å². The van der Waals surface area contributed by atoms with Gasteiger partial charge in [-0.05, 0) is 12.8 Å². The predicted octanol–water partition coefficient (Wildman–Crippen LogP) is 2.29. The van der Waals surface area contributed by atoms with Crippen molar-refractivity contribution in [2.75, 3.05) is 20.3 Å². The highest BCUT2D eigenvalue weighted by molar-refractivity contribution is 9.09. The smallest absolute Gasteiger partial charge is 0.102 e. The summed E-state index contributed by atoms with van der Waals surface area (Å²) < 4.78 is 16.9. The van der Waals surface area contributed by atoms with Gasteiger partial charge in [-0.2, -0.15) is 0 Å². The summed E-state index contributed by atoms with van der Waals surface area (Å²) >= 11 is 3.68. The van der Waals surface area contributed by atoms with Gasteiger partial charge in [0.25, 0.3) is 0 Å². The third-order valence-corrected chi connectivity index (χ3v) is 4.07. The first kappa shape index (κ1) is 11.8. The van der Waals surface area contributed by atoms with E-state index >= 15 is 0 Å². The standard InChI is InChI=1S/C11H18BrO3/c1-13-8-4-6-14-10(7-8)11-9(12)3-2-5-15-11/h9-11H,2-7H2,1H3. The van der Waals surface area contributed by atoms with Crippen molar-refractivity contribution in [3.8, 4) is 0 Å². The fourth-order valence-corrected chi connectivity index (χ4v) is 3.03. The molecule has 0 aromatic carbocycles. The molecule has 0 saturated carbocycles. The van der Waals surface area contributed by atoms with Crippen molar-refractivity contribution in [2.45, 2.75) is 42.7 Å². The lowest BCUT2D eigenvalue weighted by atomic mass is 9.96. The van der Waals surface area contributed by atoms with Crippen molar-refractivity contribution in [3.63, 3.8) is 0 Å². The Morgan fingerprint density at radius 3 is 2.93 bits per heavy atom. The normalized spacial score (nSPS) is 39.2.